The number of benzene rings is 1. The Morgan fingerprint density at radius 3 is 2.53 bits per heavy atom. The highest BCUT2D eigenvalue weighted by molar-refractivity contribution is 5.85. The van der Waals surface area contributed by atoms with Crippen molar-refractivity contribution in [2.75, 3.05) is 6.54 Å². The average molecular weight is 295 g/mol. The monoisotopic (exact) mass is 294 g/mol. The molecule has 1 unspecified atom stereocenters. The number of rotatable bonds is 3. The number of carbonyl (C=O) groups excluding carboxylic acids is 1. The zero-order chi connectivity index (χ0) is 13.2. The second kappa shape index (κ2) is 6.25. The van der Waals surface area contributed by atoms with Crippen molar-refractivity contribution in [1.82, 2.24) is 10.6 Å². The molecule has 2 rings (SSSR count). The molecule has 0 radical (unpaired) electrons. The molecule has 0 spiro atoms. The van der Waals surface area contributed by atoms with Gasteiger partial charge in [-0.15, -0.1) is 12.4 Å². The van der Waals surface area contributed by atoms with Crippen LogP contribution in [-0.2, 0) is 11.3 Å². The first-order valence-electron chi connectivity index (χ1n) is 5.60. The third kappa shape index (κ3) is 4.40. The fourth-order valence-corrected chi connectivity index (χ4v) is 1.82. The quantitative estimate of drug-likeness (QED) is 0.893. The number of halogens is 4. The summed E-state index contributed by atoms with van der Waals surface area (Å²) in [5.74, 6) is -3.64. The van der Waals surface area contributed by atoms with Crippen LogP contribution in [0, 0.1) is 5.82 Å². The van der Waals surface area contributed by atoms with Gasteiger partial charge in [0.1, 0.15) is 5.82 Å². The molecular formula is C12H14ClF3N2O. The topological polar surface area (TPSA) is 41.1 Å². The van der Waals surface area contributed by atoms with Gasteiger partial charge in [0, 0.05) is 13.0 Å². The molecule has 1 aliphatic heterocycles. The molecule has 7 heteroatoms. The van der Waals surface area contributed by atoms with Crippen molar-refractivity contribution < 1.29 is 18.0 Å². The van der Waals surface area contributed by atoms with Gasteiger partial charge in [-0.25, -0.2) is 13.2 Å². The van der Waals surface area contributed by atoms with Crippen LogP contribution in [0.5, 0.6) is 0 Å². The van der Waals surface area contributed by atoms with Gasteiger partial charge >= 0.3 is 0 Å². The third-order valence-corrected chi connectivity index (χ3v) is 2.81. The minimum atomic E-state index is -2.82. The Hall–Kier alpha value is -1.27. The van der Waals surface area contributed by atoms with Gasteiger partial charge in [0.05, 0.1) is 12.6 Å². The minimum absolute atomic E-state index is 0. The van der Waals surface area contributed by atoms with Crippen LogP contribution in [0.2, 0.25) is 0 Å². The summed E-state index contributed by atoms with van der Waals surface area (Å²) in [7, 11) is 0. The van der Waals surface area contributed by atoms with Gasteiger partial charge in [-0.2, -0.15) is 0 Å². The normalized spacial score (nSPS) is 20.7. The summed E-state index contributed by atoms with van der Waals surface area (Å²) in [6.07, 6.45) is -0.484. The van der Waals surface area contributed by atoms with E-state index in [9.17, 15) is 18.0 Å². The largest absolute Gasteiger partial charge is 0.351 e. The highest BCUT2D eigenvalue weighted by atomic mass is 35.5. The lowest BCUT2D eigenvalue weighted by molar-refractivity contribution is -0.123. The van der Waals surface area contributed by atoms with Gasteiger partial charge in [0.15, 0.2) is 0 Å². The van der Waals surface area contributed by atoms with Crippen LogP contribution in [0.4, 0.5) is 13.2 Å². The van der Waals surface area contributed by atoms with Gasteiger partial charge in [0.2, 0.25) is 5.91 Å². The molecule has 1 aromatic rings. The molecule has 1 aromatic carbocycles. The van der Waals surface area contributed by atoms with E-state index in [4.69, 9.17) is 0 Å². The molecule has 1 saturated heterocycles. The number of alkyl halides is 2. The summed E-state index contributed by atoms with van der Waals surface area (Å²) < 4.78 is 38.4. The molecule has 0 aliphatic carbocycles. The standard InChI is InChI=1S/C12H13F3N2O.ClH/c13-9-3-1-8(2-4-9)6-16-11(18)10-5-12(14,15)7-17-10;/h1-4,10,17H,5-7H2,(H,16,18);1H. The predicted molar refractivity (Wildman–Crippen MR) is 66.8 cm³/mol. The maximum atomic E-state index is 12.9. The van der Waals surface area contributed by atoms with E-state index in [1.807, 2.05) is 0 Å². The maximum absolute atomic E-state index is 12.9. The van der Waals surface area contributed by atoms with Crippen molar-refractivity contribution in [1.29, 1.82) is 0 Å². The molecule has 1 aliphatic rings. The lowest BCUT2D eigenvalue weighted by atomic mass is 10.1. The predicted octanol–water partition coefficient (Wildman–Crippen LogP) is 1.86. The number of carbonyl (C=O) groups is 1. The molecular weight excluding hydrogens is 281 g/mol. The van der Waals surface area contributed by atoms with E-state index in [-0.39, 0.29) is 24.8 Å². The van der Waals surface area contributed by atoms with Crippen LogP contribution in [-0.4, -0.2) is 24.4 Å². The van der Waals surface area contributed by atoms with E-state index >= 15 is 0 Å². The first-order chi connectivity index (χ1) is 8.46. The molecule has 1 amide bonds. The molecule has 0 saturated carbocycles. The van der Waals surface area contributed by atoms with Crippen LogP contribution in [0.1, 0.15) is 12.0 Å². The summed E-state index contributed by atoms with van der Waals surface area (Å²) in [4.78, 5) is 11.6. The van der Waals surface area contributed by atoms with Gasteiger partial charge in [0.25, 0.3) is 5.92 Å². The number of amides is 1. The number of nitrogens with one attached hydrogen (secondary N) is 2. The van der Waals surface area contributed by atoms with Crippen LogP contribution >= 0.6 is 12.4 Å². The second-order valence-corrected chi connectivity index (χ2v) is 4.34. The first-order valence-corrected chi connectivity index (χ1v) is 5.60. The van der Waals surface area contributed by atoms with E-state index < -0.39 is 30.8 Å². The van der Waals surface area contributed by atoms with Crippen LogP contribution in [0.25, 0.3) is 0 Å². The zero-order valence-corrected chi connectivity index (χ0v) is 10.8. The summed E-state index contributed by atoms with van der Waals surface area (Å²) in [6, 6.07) is 4.77. The molecule has 0 bridgehead atoms. The van der Waals surface area contributed by atoms with E-state index in [0.29, 0.717) is 0 Å². The molecule has 2 N–H and O–H groups in total. The van der Waals surface area contributed by atoms with Gasteiger partial charge in [-0.3, -0.25) is 10.1 Å². The van der Waals surface area contributed by atoms with Crippen molar-refractivity contribution >= 4 is 18.3 Å². The number of hydrogen-bond donors (Lipinski definition) is 2. The number of hydrogen-bond acceptors (Lipinski definition) is 2. The molecule has 1 fully saturated rings. The van der Waals surface area contributed by atoms with E-state index in [1.54, 1.807) is 0 Å². The maximum Gasteiger partial charge on any atom is 0.262 e. The lowest BCUT2D eigenvalue weighted by Gasteiger charge is -2.11. The second-order valence-electron chi connectivity index (χ2n) is 4.34. The van der Waals surface area contributed by atoms with E-state index in [1.165, 1.54) is 24.3 Å². The summed E-state index contributed by atoms with van der Waals surface area (Å²) >= 11 is 0. The van der Waals surface area contributed by atoms with Crippen LogP contribution in [0.15, 0.2) is 24.3 Å². The Kier molecular flexibility index (Phi) is 5.20. The SMILES string of the molecule is Cl.O=C(NCc1ccc(F)cc1)C1CC(F)(F)CN1. The highest BCUT2D eigenvalue weighted by Gasteiger charge is 2.42. The fraction of sp³-hybridized carbons (Fsp3) is 0.417. The zero-order valence-electron chi connectivity index (χ0n) is 9.96. The molecule has 19 heavy (non-hydrogen) atoms. The molecule has 0 aromatic heterocycles. The van der Waals surface area contributed by atoms with Crippen LogP contribution < -0.4 is 10.6 Å². The molecule has 1 atom stereocenters. The smallest absolute Gasteiger partial charge is 0.262 e. The molecule has 1 heterocycles. The summed E-state index contributed by atoms with van der Waals surface area (Å²) in [5, 5.41) is 5.01. The van der Waals surface area contributed by atoms with Crippen molar-refractivity contribution in [3.8, 4) is 0 Å². The first kappa shape index (κ1) is 15.8. The summed E-state index contributed by atoms with van der Waals surface area (Å²) in [5.41, 5.74) is 0.717. The minimum Gasteiger partial charge on any atom is -0.351 e. The third-order valence-electron chi connectivity index (χ3n) is 2.81. The Balaban J connectivity index is 0.00000180. The van der Waals surface area contributed by atoms with Gasteiger partial charge < -0.3 is 5.32 Å². The Morgan fingerprint density at radius 2 is 2.00 bits per heavy atom. The average Bonchev–Trinajstić information content (AvgIpc) is 2.69. The van der Waals surface area contributed by atoms with Gasteiger partial charge in [-0.05, 0) is 17.7 Å². The van der Waals surface area contributed by atoms with Crippen molar-refractivity contribution in [3.05, 3.63) is 35.6 Å². The fourth-order valence-electron chi connectivity index (χ4n) is 1.82. The Bertz CT molecular complexity index is 439. The van der Waals surface area contributed by atoms with Crippen LogP contribution in [0.3, 0.4) is 0 Å². The Morgan fingerprint density at radius 1 is 1.37 bits per heavy atom. The van der Waals surface area contributed by atoms with E-state index in [0.717, 1.165) is 5.56 Å². The molecule has 3 nitrogen and oxygen atoms in total. The van der Waals surface area contributed by atoms with Crippen molar-refractivity contribution in [2.24, 2.45) is 0 Å². The molecule has 106 valence electrons. The van der Waals surface area contributed by atoms with Gasteiger partial charge in [-0.1, -0.05) is 12.1 Å². The highest BCUT2D eigenvalue weighted by Crippen LogP contribution is 2.25. The van der Waals surface area contributed by atoms with Crippen molar-refractivity contribution in [3.63, 3.8) is 0 Å². The lowest BCUT2D eigenvalue weighted by Crippen LogP contribution is -2.40. The summed E-state index contributed by atoms with van der Waals surface area (Å²) in [6.45, 7) is -0.273. The Labute approximate surface area is 115 Å². The van der Waals surface area contributed by atoms with Crippen molar-refractivity contribution in [2.45, 2.75) is 24.9 Å². The van der Waals surface area contributed by atoms with E-state index in [2.05, 4.69) is 10.6 Å².